The summed E-state index contributed by atoms with van der Waals surface area (Å²) in [5.41, 5.74) is -0.858. The van der Waals surface area contributed by atoms with Crippen molar-refractivity contribution in [3.63, 3.8) is 0 Å². The van der Waals surface area contributed by atoms with Crippen molar-refractivity contribution in [2.24, 2.45) is 0 Å². The van der Waals surface area contributed by atoms with Crippen molar-refractivity contribution in [1.29, 1.82) is 0 Å². The van der Waals surface area contributed by atoms with Gasteiger partial charge in [-0.3, -0.25) is 9.59 Å². The molecule has 6 nitrogen and oxygen atoms in total. The van der Waals surface area contributed by atoms with E-state index in [2.05, 4.69) is 0 Å². The molecule has 0 radical (unpaired) electrons. The van der Waals surface area contributed by atoms with E-state index >= 15 is 0 Å². The highest BCUT2D eigenvalue weighted by Gasteiger charge is 2.50. The SMILES string of the molecule is COc1ccccc1OCCN1C(=O)[C@@](O)(CC(=O)c2ccc(C)s2)c2ccccc21. The molecule has 0 unspecified atom stereocenters. The zero-order chi connectivity index (χ0) is 22.0. The summed E-state index contributed by atoms with van der Waals surface area (Å²) in [6, 6.07) is 17.9. The molecule has 0 fully saturated rings. The lowest BCUT2D eigenvalue weighted by molar-refractivity contribution is -0.135. The van der Waals surface area contributed by atoms with Gasteiger partial charge >= 0.3 is 0 Å². The molecule has 2 heterocycles. The Hall–Kier alpha value is -3.16. The summed E-state index contributed by atoms with van der Waals surface area (Å²) in [6.07, 6.45) is -0.299. The van der Waals surface area contributed by atoms with Crippen LogP contribution in [0.2, 0.25) is 0 Å². The first-order chi connectivity index (χ1) is 14.9. The second kappa shape index (κ2) is 8.53. The molecule has 0 aliphatic carbocycles. The number of carbonyl (C=O) groups excluding carboxylic acids is 2. The Morgan fingerprint density at radius 3 is 2.48 bits per heavy atom. The van der Waals surface area contributed by atoms with E-state index in [1.807, 2.05) is 25.1 Å². The number of aryl methyl sites for hydroxylation is 1. The van der Waals surface area contributed by atoms with Gasteiger partial charge in [0, 0.05) is 10.4 Å². The van der Waals surface area contributed by atoms with Crippen LogP contribution in [0.4, 0.5) is 5.69 Å². The molecule has 31 heavy (non-hydrogen) atoms. The lowest BCUT2D eigenvalue weighted by Crippen LogP contribution is -2.43. The number of carbonyl (C=O) groups is 2. The van der Waals surface area contributed by atoms with Gasteiger partial charge in [0.05, 0.1) is 30.6 Å². The molecule has 1 N–H and O–H groups in total. The average Bonchev–Trinajstić information content (AvgIpc) is 3.30. The van der Waals surface area contributed by atoms with Crippen molar-refractivity contribution in [3.05, 3.63) is 76.0 Å². The van der Waals surface area contributed by atoms with Crippen molar-refractivity contribution >= 4 is 28.7 Å². The van der Waals surface area contributed by atoms with E-state index in [1.165, 1.54) is 16.2 Å². The predicted molar refractivity (Wildman–Crippen MR) is 119 cm³/mol. The van der Waals surface area contributed by atoms with Crippen LogP contribution < -0.4 is 14.4 Å². The minimum Gasteiger partial charge on any atom is -0.493 e. The summed E-state index contributed by atoms with van der Waals surface area (Å²) in [5.74, 6) is 0.405. The van der Waals surface area contributed by atoms with Crippen LogP contribution in [0.25, 0.3) is 0 Å². The number of para-hydroxylation sites is 3. The number of rotatable bonds is 8. The third-order valence-corrected chi connectivity index (χ3v) is 6.35. The summed E-state index contributed by atoms with van der Waals surface area (Å²) in [7, 11) is 1.56. The highest BCUT2D eigenvalue weighted by atomic mass is 32.1. The first kappa shape index (κ1) is 21.1. The van der Waals surface area contributed by atoms with Gasteiger partial charge in [-0.15, -0.1) is 11.3 Å². The first-order valence-electron chi connectivity index (χ1n) is 9.93. The highest BCUT2D eigenvalue weighted by molar-refractivity contribution is 7.14. The number of amides is 1. The third kappa shape index (κ3) is 3.94. The molecule has 0 bridgehead atoms. The van der Waals surface area contributed by atoms with Crippen LogP contribution in [0.3, 0.4) is 0 Å². The van der Waals surface area contributed by atoms with Crippen molar-refractivity contribution in [1.82, 2.24) is 0 Å². The van der Waals surface area contributed by atoms with E-state index in [-0.39, 0.29) is 25.4 Å². The molecule has 1 aliphatic rings. The van der Waals surface area contributed by atoms with E-state index in [1.54, 1.807) is 49.6 Å². The summed E-state index contributed by atoms with van der Waals surface area (Å²) < 4.78 is 11.1. The molecule has 7 heteroatoms. The fourth-order valence-electron chi connectivity index (χ4n) is 3.79. The largest absolute Gasteiger partial charge is 0.493 e. The van der Waals surface area contributed by atoms with Gasteiger partial charge in [-0.1, -0.05) is 30.3 Å². The number of methoxy groups -OCH3 is 1. The maximum atomic E-state index is 13.3. The molecule has 1 aliphatic heterocycles. The fraction of sp³-hybridized carbons (Fsp3) is 0.250. The van der Waals surface area contributed by atoms with E-state index in [4.69, 9.17) is 9.47 Å². The van der Waals surface area contributed by atoms with Crippen LogP contribution in [0.5, 0.6) is 11.5 Å². The van der Waals surface area contributed by atoms with Crippen molar-refractivity contribution in [2.75, 3.05) is 25.2 Å². The number of nitrogens with zero attached hydrogens (tertiary/aromatic N) is 1. The van der Waals surface area contributed by atoms with Crippen LogP contribution in [-0.2, 0) is 10.4 Å². The van der Waals surface area contributed by atoms with Crippen LogP contribution in [-0.4, -0.2) is 37.1 Å². The van der Waals surface area contributed by atoms with Crippen LogP contribution in [0, 0.1) is 6.92 Å². The topological polar surface area (TPSA) is 76.1 Å². The molecule has 0 saturated heterocycles. The average molecular weight is 438 g/mol. The van der Waals surface area contributed by atoms with Crippen molar-refractivity contribution < 1.29 is 24.2 Å². The van der Waals surface area contributed by atoms with Gasteiger partial charge in [0.15, 0.2) is 22.9 Å². The van der Waals surface area contributed by atoms with Gasteiger partial charge in [-0.2, -0.15) is 0 Å². The van der Waals surface area contributed by atoms with Gasteiger partial charge in [-0.05, 0) is 37.3 Å². The van der Waals surface area contributed by atoms with Gasteiger partial charge < -0.3 is 19.5 Å². The zero-order valence-corrected chi connectivity index (χ0v) is 18.1. The second-order valence-electron chi connectivity index (χ2n) is 7.34. The number of thiophene rings is 1. The van der Waals surface area contributed by atoms with Crippen LogP contribution >= 0.6 is 11.3 Å². The van der Waals surface area contributed by atoms with Gasteiger partial charge in [0.25, 0.3) is 5.91 Å². The maximum absolute atomic E-state index is 13.3. The Morgan fingerprint density at radius 2 is 1.77 bits per heavy atom. The lowest BCUT2D eigenvalue weighted by atomic mass is 9.89. The van der Waals surface area contributed by atoms with Gasteiger partial charge in [-0.25, -0.2) is 0 Å². The van der Waals surface area contributed by atoms with Gasteiger partial charge in [0.1, 0.15) is 6.61 Å². The second-order valence-corrected chi connectivity index (χ2v) is 8.63. The summed E-state index contributed by atoms with van der Waals surface area (Å²) in [4.78, 5) is 29.1. The molecular weight excluding hydrogens is 414 g/mol. The first-order valence-corrected chi connectivity index (χ1v) is 10.7. The molecule has 0 saturated carbocycles. The summed E-state index contributed by atoms with van der Waals surface area (Å²) in [5, 5.41) is 11.4. The zero-order valence-electron chi connectivity index (χ0n) is 17.3. The Balaban J connectivity index is 1.53. The maximum Gasteiger partial charge on any atom is 0.264 e. The van der Waals surface area contributed by atoms with E-state index in [0.717, 1.165) is 4.88 Å². The standard InChI is InChI=1S/C24H23NO5S/c1-16-11-12-22(31-16)19(26)15-24(28)17-7-3-4-8-18(17)25(23(24)27)13-14-30-21-10-6-5-9-20(21)29-2/h3-12,28H,13-15H2,1-2H3/t24-/m1/s1. The predicted octanol–water partition coefficient (Wildman–Crippen LogP) is 3.95. The number of benzene rings is 2. The number of fused-ring (bicyclic) bond motifs is 1. The number of hydrogen-bond acceptors (Lipinski definition) is 6. The Bertz CT molecular complexity index is 1120. The van der Waals surface area contributed by atoms with Crippen molar-refractivity contribution in [2.45, 2.75) is 18.9 Å². The molecule has 1 aromatic heterocycles. The Labute approximate surface area is 184 Å². The minimum absolute atomic E-state index is 0.203. The van der Waals surface area contributed by atoms with E-state index in [9.17, 15) is 14.7 Å². The smallest absolute Gasteiger partial charge is 0.264 e. The minimum atomic E-state index is -1.89. The summed E-state index contributed by atoms with van der Waals surface area (Å²) >= 11 is 1.36. The number of anilines is 1. The third-order valence-electron chi connectivity index (χ3n) is 5.31. The molecule has 160 valence electrons. The molecule has 1 amide bonds. The number of hydrogen-bond donors (Lipinski definition) is 1. The molecule has 3 aromatic rings. The number of ketones is 1. The molecule has 0 spiro atoms. The monoisotopic (exact) mass is 437 g/mol. The van der Waals surface area contributed by atoms with Crippen LogP contribution in [0.15, 0.2) is 60.7 Å². The molecule has 1 atom stereocenters. The number of Topliss-reactive ketones (excluding diaryl/α,β-unsaturated/α-hetero) is 1. The Morgan fingerprint density at radius 1 is 1.06 bits per heavy atom. The number of aliphatic hydroxyl groups is 1. The fourth-order valence-corrected chi connectivity index (χ4v) is 4.59. The van der Waals surface area contributed by atoms with Crippen molar-refractivity contribution in [3.8, 4) is 11.5 Å². The Kier molecular flexibility index (Phi) is 5.80. The normalized spacial score (nSPS) is 17.5. The molecule has 4 rings (SSSR count). The molecule has 2 aromatic carbocycles. The lowest BCUT2D eigenvalue weighted by Gasteiger charge is -2.22. The van der Waals surface area contributed by atoms with Crippen LogP contribution in [0.1, 0.15) is 26.5 Å². The highest BCUT2D eigenvalue weighted by Crippen LogP contribution is 2.43. The van der Waals surface area contributed by atoms with E-state index < -0.39 is 11.5 Å². The number of ether oxygens (including phenoxy) is 2. The van der Waals surface area contributed by atoms with E-state index in [0.29, 0.717) is 27.6 Å². The quantitative estimate of drug-likeness (QED) is 0.540. The van der Waals surface area contributed by atoms with Gasteiger partial charge in [0.2, 0.25) is 0 Å². The summed E-state index contributed by atoms with van der Waals surface area (Å²) in [6.45, 7) is 2.34. The molecular formula is C24H23NO5S.